The van der Waals surface area contributed by atoms with E-state index in [1.807, 2.05) is 48.7 Å². The Bertz CT molecular complexity index is 1070. The lowest BCUT2D eigenvalue weighted by atomic mass is 10.1. The molecule has 128 valence electrons. The Morgan fingerprint density at radius 3 is 2.73 bits per heavy atom. The fourth-order valence-electron chi connectivity index (χ4n) is 2.69. The zero-order valence-corrected chi connectivity index (χ0v) is 14.0. The number of aromatic amines is 1. The first-order chi connectivity index (χ1) is 12.7. The molecule has 0 aliphatic heterocycles. The molecule has 0 atom stereocenters. The van der Waals surface area contributed by atoms with Crippen LogP contribution in [0.4, 0.5) is 17.3 Å². The van der Waals surface area contributed by atoms with Crippen LogP contribution >= 0.6 is 0 Å². The van der Waals surface area contributed by atoms with E-state index in [9.17, 15) is 4.79 Å². The van der Waals surface area contributed by atoms with Crippen molar-refractivity contribution in [2.75, 3.05) is 10.6 Å². The van der Waals surface area contributed by atoms with Crippen molar-refractivity contribution in [2.45, 2.75) is 6.92 Å². The molecule has 26 heavy (non-hydrogen) atoms. The molecule has 1 amide bonds. The van der Waals surface area contributed by atoms with Gasteiger partial charge in [0.2, 0.25) is 11.9 Å². The maximum atomic E-state index is 11.2. The Balaban J connectivity index is 1.60. The Labute approximate surface area is 149 Å². The highest BCUT2D eigenvalue weighted by Gasteiger charge is 2.05. The summed E-state index contributed by atoms with van der Waals surface area (Å²) in [5.41, 5.74) is 4.42. The maximum Gasteiger partial charge on any atom is 0.227 e. The van der Waals surface area contributed by atoms with Gasteiger partial charge in [0.25, 0.3) is 0 Å². The summed E-state index contributed by atoms with van der Waals surface area (Å²) in [7, 11) is 0. The molecule has 3 N–H and O–H groups in total. The number of hydrogen-bond donors (Lipinski definition) is 3. The van der Waals surface area contributed by atoms with Crippen LogP contribution in [-0.2, 0) is 4.79 Å². The second-order valence-corrected chi connectivity index (χ2v) is 5.84. The van der Waals surface area contributed by atoms with Crippen LogP contribution in [0.3, 0.4) is 0 Å². The van der Waals surface area contributed by atoms with Gasteiger partial charge in [-0.15, -0.1) is 0 Å². The molecule has 7 heteroatoms. The summed E-state index contributed by atoms with van der Waals surface area (Å²) < 4.78 is 0. The number of H-pyrrole nitrogens is 1. The molecular formula is C19H16N6O. The lowest BCUT2D eigenvalue weighted by molar-refractivity contribution is -0.114. The summed E-state index contributed by atoms with van der Waals surface area (Å²) in [6.45, 7) is 1.48. The fraction of sp³-hybridized carbons (Fsp3) is 0.0526. The van der Waals surface area contributed by atoms with Crippen LogP contribution < -0.4 is 10.6 Å². The van der Waals surface area contributed by atoms with E-state index in [4.69, 9.17) is 0 Å². The van der Waals surface area contributed by atoms with Crippen LogP contribution in [-0.4, -0.2) is 26.1 Å². The summed E-state index contributed by atoms with van der Waals surface area (Å²) in [6, 6.07) is 13.4. The van der Waals surface area contributed by atoms with Gasteiger partial charge in [0.1, 0.15) is 0 Å². The van der Waals surface area contributed by atoms with Crippen molar-refractivity contribution in [1.82, 2.24) is 20.2 Å². The zero-order valence-electron chi connectivity index (χ0n) is 14.0. The molecule has 4 aromatic rings. The van der Waals surface area contributed by atoms with Gasteiger partial charge in [0, 0.05) is 41.6 Å². The van der Waals surface area contributed by atoms with Gasteiger partial charge in [-0.3, -0.25) is 9.89 Å². The molecule has 0 aliphatic rings. The monoisotopic (exact) mass is 344 g/mol. The average molecular weight is 344 g/mol. The topological polar surface area (TPSA) is 95.6 Å². The van der Waals surface area contributed by atoms with E-state index in [2.05, 4.69) is 30.8 Å². The van der Waals surface area contributed by atoms with E-state index in [0.29, 0.717) is 11.6 Å². The molecule has 0 spiro atoms. The molecule has 0 radical (unpaired) electrons. The Morgan fingerprint density at radius 2 is 1.92 bits per heavy atom. The molecule has 4 rings (SSSR count). The van der Waals surface area contributed by atoms with Gasteiger partial charge in [-0.2, -0.15) is 5.10 Å². The minimum Gasteiger partial charge on any atom is -0.326 e. The van der Waals surface area contributed by atoms with Crippen LogP contribution in [0.2, 0.25) is 0 Å². The highest BCUT2D eigenvalue weighted by atomic mass is 16.1. The standard InChI is InChI=1S/C19H16N6O/c1-12(26)23-16-3-2-4-17(8-16)24-19-20-9-14-7-13(5-6-18(14)25-19)15-10-21-22-11-15/h2-11H,1H3,(H,21,22)(H,23,26)(H,20,24,25). The van der Waals surface area contributed by atoms with E-state index in [-0.39, 0.29) is 5.91 Å². The van der Waals surface area contributed by atoms with Crippen molar-refractivity contribution in [3.63, 3.8) is 0 Å². The Hall–Kier alpha value is -3.74. The van der Waals surface area contributed by atoms with E-state index in [0.717, 1.165) is 27.7 Å². The number of nitrogens with zero attached hydrogens (tertiary/aromatic N) is 3. The average Bonchev–Trinajstić information content (AvgIpc) is 3.16. The van der Waals surface area contributed by atoms with Crippen LogP contribution in [0.1, 0.15) is 6.92 Å². The number of benzene rings is 2. The summed E-state index contributed by atoms with van der Waals surface area (Å²) in [6.07, 6.45) is 5.41. The highest BCUT2D eigenvalue weighted by molar-refractivity contribution is 5.89. The number of rotatable bonds is 4. The number of carbonyl (C=O) groups is 1. The third-order valence-electron chi connectivity index (χ3n) is 3.85. The van der Waals surface area contributed by atoms with Gasteiger partial charge in [-0.1, -0.05) is 12.1 Å². The number of aromatic nitrogens is 4. The first-order valence-electron chi connectivity index (χ1n) is 8.08. The van der Waals surface area contributed by atoms with Gasteiger partial charge >= 0.3 is 0 Å². The summed E-state index contributed by atoms with van der Waals surface area (Å²) >= 11 is 0. The second kappa shape index (κ2) is 6.64. The zero-order chi connectivity index (χ0) is 17.9. The van der Waals surface area contributed by atoms with Crippen molar-refractivity contribution >= 4 is 34.1 Å². The quantitative estimate of drug-likeness (QED) is 0.524. The SMILES string of the molecule is CC(=O)Nc1cccc(Nc2ncc3cc(-c4cn[nH]c4)ccc3n2)c1. The van der Waals surface area contributed by atoms with Gasteiger partial charge in [0.15, 0.2) is 0 Å². The molecule has 0 bridgehead atoms. The third-order valence-corrected chi connectivity index (χ3v) is 3.85. The molecule has 0 saturated carbocycles. The minimum atomic E-state index is -0.113. The normalized spacial score (nSPS) is 10.7. The maximum absolute atomic E-state index is 11.2. The molecule has 0 saturated heterocycles. The first-order valence-corrected chi connectivity index (χ1v) is 8.08. The van der Waals surface area contributed by atoms with Crippen LogP contribution in [0, 0.1) is 0 Å². The minimum absolute atomic E-state index is 0.113. The van der Waals surface area contributed by atoms with Gasteiger partial charge in [0.05, 0.1) is 11.7 Å². The van der Waals surface area contributed by atoms with Crippen LogP contribution in [0.25, 0.3) is 22.0 Å². The molecule has 2 aromatic heterocycles. The number of amides is 1. The second-order valence-electron chi connectivity index (χ2n) is 5.84. The molecule has 0 unspecified atom stereocenters. The Kier molecular flexibility index (Phi) is 4.03. The third kappa shape index (κ3) is 3.36. The van der Waals surface area contributed by atoms with Gasteiger partial charge < -0.3 is 10.6 Å². The molecule has 0 aliphatic carbocycles. The van der Waals surface area contributed by atoms with Crippen LogP contribution in [0.15, 0.2) is 61.1 Å². The smallest absolute Gasteiger partial charge is 0.227 e. The van der Waals surface area contributed by atoms with E-state index < -0.39 is 0 Å². The van der Waals surface area contributed by atoms with E-state index in [1.165, 1.54) is 6.92 Å². The lowest BCUT2D eigenvalue weighted by Crippen LogP contribution is -2.06. The lowest BCUT2D eigenvalue weighted by Gasteiger charge is -2.08. The number of hydrogen-bond acceptors (Lipinski definition) is 5. The van der Waals surface area contributed by atoms with E-state index in [1.54, 1.807) is 12.4 Å². The fourth-order valence-corrected chi connectivity index (χ4v) is 2.69. The van der Waals surface area contributed by atoms with Crippen LogP contribution in [0.5, 0.6) is 0 Å². The van der Waals surface area contributed by atoms with Crippen molar-refractivity contribution in [1.29, 1.82) is 0 Å². The number of anilines is 3. The van der Waals surface area contributed by atoms with Gasteiger partial charge in [-0.25, -0.2) is 9.97 Å². The number of carbonyl (C=O) groups excluding carboxylic acids is 1. The predicted octanol–water partition coefficient (Wildman–Crippen LogP) is 3.72. The van der Waals surface area contributed by atoms with Crippen molar-refractivity contribution in [3.05, 3.63) is 61.1 Å². The Morgan fingerprint density at radius 1 is 1.04 bits per heavy atom. The molecule has 7 nitrogen and oxygen atoms in total. The molecule has 2 heterocycles. The molecular weight excluding hydrogens is 328 g/mol. The summed E-state index contributed by atoms with van der Waals surface area (Å²) in [5.74, 6) is 0.381. The summed E-state index contributed by atoms with van der Waals surface area (Å²) in [5, 5.41) is 13.6. The van der Waals surface area contributed by atoms with Crippen molar-refractivity contribution in [2.24, 2.45) is 0 Å². The molecule has 0 fully saturated rings. The van der Waals surface area contributed by atoms with E-state index >= 15 is 0 Å². The van der Waals surface area contributed by atoms with Crippen molar-refractivity contribution < 1.29 is 4.79 Å². The first kappa shape index (κ1) is 15.8. The van der Waals surface area contributed by atoms with Crippen molar-refractivity contribution in [3.8, 4) is 11.1 Å². The summed E-state index contributed by atoms with van der Waals surface area (Å²) in [4.78, 5) is 20.1. The highest BCUT2D eigenvalue weighted by Crippen LogP contribution is 2.24. The largest absolute Gasteiger partial charge is 0.326 e. The predicted molar refractivity (Wildman–Crippen MR) is 101 cm³/mol. The number of nitrogens with one attached hydrogen (secondary N) is 3. The number of fused-ring (bicyclic) bond motifs is 1. The molecule has 2 aromatic carbocycles. The van der Waals surface area contributed by atoms with Gasteiger partial charge in [-0.05, 0) is 35.9 Å².